The van der Waals surface area contributed by atoms with E-state index in [2.05, 4.69) is 15.6 Å². The predicted octanol–water partition coefficient (Wildman–Crippen LogP) is 6.04. The van der Waals surface area contributed by atoms with E-state index in [1.165, 1.54) is 13.0 Å². The van der Waals surface area contributed by atoms with Crippen molar-refractivity contribution < 1.29 is 14.3 Å². The van der Waals surface area contributed by atoms with Crippen LogP contribution in [0.5, 0.6) is 0 Å². The lowest BCUT2D eigenvalue weighted by atomic mass is 9.99. The molecular weight excluding hydrogens is 453 g/mol. The molecule has 0 radical (unpaired) electrons. The number of aromatic nitrogens is 1. The topological polar surface area (TPSA) is 74.2 Å². The second-order valence-corrected chi connectivity index (χ2v) is 8.57. The fourth-order valence-electron chi connectivity index (χ4n) is 4.00. The van der Waals surface area contributed by atoms with Gasteiger partial charge in [-0.3, -0.25) is 9.78 Å². The van der Waals surface area contributed by atoms with Gasteiger partial charge < -0.3 is 15.7 Å². The number of carbonyl (C=O) groups excluding carboxylic acids is 1. The molecule has 0 fully saturated rings. The maximum absolute atomic E-state index is 14.3. The molecule has 7 heteroatoms. The molecule has 3 aromatic carbocycles. The third-order valence-corrected chi connectivity index (χ3v) is 6.05. The summed E-state index contributed by atoms with van der Waals surface area (Å²) in [7, 11) is 0. The molecule has 2 unspecified atom stereocenters. The zero-order valence-corrected chi connectivity index (χ0v) is 19.6. The van der Waals surface area contributed by atoms with Crippen LogP contribution in [0.3, 0.4) is 0 Å². The van der Waals surface area contributed by atoms with Crippen molar-refractivity contribution >= 4 is 34.1 Å². The van der Waals surface area contributed by atoms with E-state index in [-0.39, 0.29) is 24.4 Å². The zero-order valence-electron chi connectivity index (χ0n) is 18.8. The van der Waals surface area contributed by atoms with E-state index >= 15 is 0 Å². The molecule has 1 amide bonds. The van der Waals surface area contributed by atoms with Crippen LogP contribution >= 0.6 is 11.6 Å². The van der Waals surface area contributed by atoms with Crippen LogP contribution in [0.2, 0.25) is 5.02 Å². The number of amides is 1. The maximum Gasteiger partial charge on any atom is 0.217 e. The van der Waals surface area contributed by atoms with Gasteiger partial charge in [-0.1, -0.05) is 60.1 Å². The van der Waals surface area contributed by atoms with Crippen LogP contribution < -0.4 is 10.6 Å². The van der Waals surface area contributed by atoms with Gasteiger partial charge in [0, 0.05) is 24.1 Å². The van der Waals surface area contributed by atoms with Crippen molar-refractivity contribution in [2.45, 2.75) is 25.9 Å². The van der Waals surface area contributed by atoms with Crippen LogP contribution in [-0.2, 0) is 4.79 Å². The summed E-state index contributed by atoms with van der Waals surface area (Å²) in [6, 6.07) is 19.4. The van der Waals surface area contributed by atoms with Gasteiger partial charge >= 0.3 is 0 Å². The van der Waals surface area contributed by atoms with Gasteiger partial charge in [0.15, 0.2) is 0 Å². The van der Waals surface area contributed by atoms with E-state index in [9.17, 15) is 14.3 Å². The number of pyridine rings is 1. The lowest BCUT2D eigenvalue weighted by Gasteiger charge is -2.19. The molecule has 4 aromatic rings. The fourth-order valence-corrected chi connectivity index (χ4v) is 4.21. The Morgan fingerprint density at radius 1 is 1.09 bits per heavy atom. The van der Waals surface area contributed by atoms with E-state index < -0.39 is 6.04 Å². The summed E-state index contributed by atoms with van der Waals surface area (Å²) in [4.78, 5) is 15.8. The lowest BCUT2D eigenvalue weighted by Crippen LogP contribution is -2.28. The number of fused-ring (bicyclic) bond motifs is 1. The Balaban J connectivity index is 1.68. The zero-order chi connectivity index (χ0) is 24.2. The quantitative estimate of drug-likeness (QED) is 0.303. The van der Waals surface area contributed by atoms with Crippen LogP contribution in [0, 0.1) is 5.82 Å². The number of anilines is 1. The number of rotatable bonds is 7. The van der Waals surface area contributed by atoms with E-state index in [0.29, 0.717) is 16.3 Å². The van der Waals surface area contributed by atoms with Crippen LogP contribution in [0.4, 0.5) is 10.1 Å². The third-order valence-electron chi connectivity index (χ3n) is 5.76. The van der Waals surface area contributed by atoms with Crippen molar-refractivity contribution in [3.8, 4) is 11.1 Å². The van der Waals surface area contributed by atoms with Crippen LogP contribution in [0.15, 0.2) is 72.9 Å². The van der Waals surface area contributed by atoms with E-state index in [1.54, 1.807) is 24.4 Å². The van der Waals surface area contributed by atoms with Gasteiger partial charge in [0.25, 0.3) is 0 Å². The Kier molecular flexibility index (Phi) is 7.10. The first kappa shape index (κ1) is 23.7. The minimum atomic E-state index is -0.457. The Morgan fingerprint density at radius 3 is 2.47 bits per heavy atom. The van der Waals surface area contributed by atoms with Gasteiger partial charge in [-0.05, 0) is 41.8 Å². The summed E-state index contributed by atoms with van der Waals surface area (Å²) in [6.45, 7) is 3.12. The maximum atomic E-state index is 14.3. The van der Waals surface area contributed by atoms with Gasteiger partial charge in [0.05, 0.1) is 34.9 Å². The predicted molar refractivity (Wildman–Crippen MR) is 134 cm³/mol. The fraction of sp³-hybridized carbons (Fsp3) is 0.185. The molecular formula is C27H25ClFN3O2. The highest BCUT2D eigenvalue weighted by molar-refractivity contribution is 6.34. The van der Waals surface area contributed by atoms with Crippen molar-refractivity contribution in [2.75, 3.05) is 11.9 Å². The molecule has 174 valence electrons. The van der Waals surface area contributed by atoms with Crippen molar-refractivity contribution in [3.63, 3.8) is 0 Å². The minimum absolute atomic E-state index is 0.186. The molecule has 0 spiro atoms. The summed E-state index contributed by atoms with van der Waals surface area (Å²) < 4.78 is 14.3. The first-order valence-electron chi connectivity index (χ1n) is 10.9. The van der Waals surface area contributed by atoms with Gasteiger partial charge in [-0.25, -0.2) is 4.39 Å². The second-order valence-electron chi connectivity index (χ2n) is 8.16. The lowest BCUT2D eigenvalue weighted by molar-refractivity contribution is -0.120. The highest BCUT2D eigenvalue weighted by Crippen LogP contribution is 2.35. The summed E-state index contributed by atoms with van der Waals surface area (Å²) in [5.41, 5.74) is 4.72. The summed E-state index contributed by atoms with van der Waals surface area (Å²) in [5.74, 6) is -0.482. The monoisotopic (exact) mass is 477 g/mol. The standard InChI is InChI=1S/C27H25ClFN3O2/c1-16(21-5-3-4-6-24(21)29)31-27-22-13-20(11-12-25(22)30-14-23(27)28)18-7-9-19(10-8-18)26(15-33)32-17(2)34/h3-14,16,26,33H,15H2,1-2H3,(H,30,31)(H,32,34). The number of nitrogens with one attached hydrogen (secondary N) is 2. The van der Waals surface area contributed by atoms with Crippen molar-refractivity contribution in [1.29, 1.82) is 0 Å². The highest BCUT2D eigenvalue weighted by atomic mass is 35.5. The molecule has 0 aliphatic rings. The number of benzene rings is 3. The largest absolute Gasteiger partial charge is 0.394 e. The Labute approximate surface area is 202 Å². The Hall–Kier alpha value is -3.48. The second kappa shape index (κ2) is 10.2. The van der Waals surface area contributed by atoms with E-state index in [1.807, 2.05) is 49.4 Å². The van der Waals surface area contributed by atoms with Gasteiger partial charge in [-0.15, -0.1) is 0 Å². The smallest absolute Gasteiger partial charge is 0.217 e. The molecule has 4 rings (SSSR count). The molecule has 0 saturated carbocycles. The number of hydrogen-bond acceptors (Lipinski definition) is 4. The molecule has 34 heavy (non-hydrogen) atoms. The molecule has 1 heterocycles. The SMILES string of the molecule is CC(=O)NC(CO)c1ccc(-c2ccc3ncc(Cl)c(NC(C)c4ccccc4F)c3c2)cc1. The van der Waals surface area contributed by atoms with Crippen molar-refractivity contribution in [2.24, 2.45) is 0 Å². The minimum Gasteiger partial charge on any atom is -0.394 e. The van der Waals surface area contributed by atoms with Crippen LogP contribution in [0.1, 0.15) is 37.1 Å². The molecule has 1 aromatic heterocycles. The first-order chi connectivity index (χ1) is 16.4. The summed E-state index contributed by atoms with van der Waals surface area (Å²) >= 11 is 6.51. The molecule has 0 saturated heterocycles. The number of hydrogen-bond donors (Lipinski definition) is 3. The Morgan fingerprint density at radius 2 is 1.79 bits per heavy atom. The Bertz CT molecular complexity index is 1330. The average Bonchev–Trinajstić information content (AvgIpc) is 2.84. The number of nitrogens with zero attached hydrogens (tertiary/aromatic N) is 1. The average molecular weight is 478 g/mol. The number of carbonyl (C=O) groups is 1. The molecule has 2 atom stereocenters. The summed E-state index contributed by atoms with van der Waals surface area (Å²) in [6.07, 6.45) is 1.59. The van der Waals surface area contributed by atoms with Gasteiger partial charge in [0.2, 0.25) is 5.91 Å². The number of aliphatic hydroxyl groups excluding tert-OH is 1. The third kappa shape index (κ3) is 5.03. The van der Waals surface area contributed by atoms with Crippen LogP contribution in [-0.4, -0.2) is 22.6 Å². The van der Waals surface area contributed by atoms with E-state index in [0.717, 1.165) is 27.6 Å². The molecule has 0 aliphatic heterocycles. The van der Waals surface area contributed by atoms with Crippen molar-refractivity contribution in [3.05, 3.63) is 94.9 Å². The van der Waals surface area contributed by atoms with Crippen LogP contribution in [0.25, 0.3) is 22.0 Å². The number of aliphatic hydroxyl groups is 1. The summed E-state index contributed by atoms with van der Waals surface area (Å²) in [5, 5.41) is 17.0. The van der Waals surface area contributed by atoms with Crippen molar-refractivity contribution in [1.82, 2.24) is 10.3 Å². The number of halogens is 2. The molecule has 0 bridgehead atoms. The van der Waals surface area contributed by atoms with E-state index in [4.69, 9.17) is 11.6 Å². The van der Waals surface area contributed by atoms with Gasteiger partial charge in [0.1, 0.15) is 5.82 Å². The molecule has 5 nitrogen and oxygen atoms in total. The van der Waals surface area contributed by atoms with Gasteiger partial charge in [-0.2, -0.15) is 0 Å². The highest BCUT2D eigenvalue weighted by Gasteiger charge is 2.16. The normalized spacial score (nSPS) is 12.9. The first-order valence-corrected chi connectivity index (χ1v) is 11.3. The molecule has 0 aliphatic carbocycles. The molecule has 3 N–H and O–H groups in total.